The molecule has 4 rings (SSSR count). The number of hydrogen-bond acceptors (Lipinski definition) is 5. The molecule has 8 nitrogen and oxygen atoms in total. The molecule has 0 radical (unpaired) electrons. The molecule has 1 amide bonds. The number of carbonyl (C=O) groups excluding carboxylic acids is 2. The predicted molar refractivity (Wildman–Crippen MR) is 125 cm³/mol. The van der Waals surface area contributed by atoms with Crippen LogP contribution < -0.4 is 16.6 Å². The van der Waals surface area contributed by atoms with E-state index in [1.165, 1.54) is 35.8 Å². The van der Waals surface area contributed by atoms with E-state index >= 15 is 0 Å². The molecule has 0 aliphatic rings. The number of hydrogen-bond donors (Lipinski definition) is 1. The molecule has 0 aliphatic carbocycles. The highest BCUT2D eigenvalue weighted by Gasteiger charge is 2.17. The quantitative estimate of drug-likeness (QED) is 0.444. The van der Waals surface area contributed by atoms with Gasteiger partial charge < -0.3 is 5.32 Å². The molecule has 2 heterocycles. The molecule has 0 fully saturated rings. The highest BCUT2D eigenvalue weighted by atomic mass is 35.5. The van der Waals surface area contributed by atoms with Crippen molar-refractivity contribution in [3.05, 3.63) is 104 Å². The van der Waals surface area contributed by atoms with Crippen LogP contribution in [0.25, 0.3) is 16.6 Å². The molecule has 9 heteroatoms. The predicted octanol–water partition coefficient (Wildman–Crippen LogP) is 2.72. The second kappa shape index (κ2) is 9.22. The van der Waals surface area contributed by atoms with Crippen LogP contribution in [0.2, 0.25) is 5.02 Å². The number of nitrogens with zero attached hydrogens (tertiary/aromatic N) is 3. The van der Waals surface area contributed by atoms with Gasteiger partial charge >= 0.3 is 5.69 Å². The van der Waals surface area contributed by atoms with Gasteiger partial charge in [-0.3, -0.25) is 23.9 Å². The van der Waals surface area contributed by atoms with Crippen LogP contribution in [0.15, 0.2) is 76.6 Å². The van der Waals surface area contributed by atoms with Crippen LogP contribution in [0.4, 0.5) is 0 Å². The summed E-state index contributed by atoms with van der Waals surface area (Å²) in [5.41, 5.74) is 0.564. The molecule has 2 aromatic carbocycles. The number of rotatable bonds is 6. The van der Waals surface area contributed by atoms with Crippen molar-refractivity contribution in [1.29, 1.82) is 0 Å². The monoisotopic (exact) mass is 462 g/mol. The maximum absolute atomic E-state index is 13.4. The van der Waals surface area contributed by atoms with Crippen LogP contribution in [-0.2, 0) is 17.9 Å². The van der Waals surface area contributed by atoms with Gasteiger partial charge in [-0.2, -0.15) is 0 Å². The molecule has 0 aliphatic heterocycles. The van der Waals surface area contributed by atoms with Crippen LogP contribution in [0, 0.1) is 0 Å². The number of nitrogens with one attached hydrogen (secondary N) is 1. The van der Waals surface area contributed by atoms with Gasteiger partial charge in [0.25, 0.3) is 5.56 Å². The third kappa shape index (κ3) is 4.61. The van der Waals surface area contributed by atoms with Crippen LogP contribution in [0.3, 0.4) is 0 Å². The largest absolute Gasteiger partial charge is 0.350 e. The number of Topliss-reactive ketones (excluding diaryl/α,β-unsaturated/α-hetero) is 1. The highest BCUT2D eigenvalue weighted by molar-refractivity contribution is 6.31. The Morgan fingerprint density at radius 1 is 1.06 bits per heavy atom. The molecule has 0 spiro atoms. The lowest BCUT2D eigenvalue weighted by molar-refractivity contribution is -0.121. The molecule has 0 saturated carbocycles. The van der Waals surface area contributed by atoms with E-state index in [0.29, 0.717) is 10.6 Å². The van der Waals surface area contributed by atoms with E-state index in [9.17, 15) is 19.2 Å². The van der Waals surface area contributed by atoms with Crippen molar-refractivity contribution in [3.8, 4) is 5.69 Å². The van der Waals surface area contributed by atoms with Crippen molar-refractivity contribution in [3.63, 3.8) is 0 Å². The highest BCUT2D eigenvalue weighted by Crippen LogP contribution is 2.17. The maximum atomic E-state index is 13.4. The lowest BCUT2D eigenvalue weighted by Gasteiger charge is -2.15. The minimum atomic E-state index is -0.693. The first-order chi connectivity index (χ1) is 15.8. The van der Waals surface area contributed by atoms with Gasteiger partial charge in [0.15, 0.2) is 5.78 Å². The van der Waals surface area contributed by atoms with Gasteiger partial charge in [0, 0.05) is 29.5 Å². The minimum Gasteiger partial charge on any atom is -0.350 e. The Morgan fingerprint density at radius 2 is 1.82 bits per heavy atom. The third-order valence-electron chi connectivity index (χ3n) is 5.15. The van der Waals surface area contributed by atoms with Crippen molar-refractivity contribution in [2.24, 2.45) is 0 Å². The summed E-state index contributed by atoms with van der Waals surface area (Å²) in [6.07, 6.45) is 3.26. The fraction of sp³-hybridized carbons (Fsp3) is 0.125. The Kier molecular flexibility index (Phi) is 6.19. The number of aromatic nitrogens is 3. The van der Waals surface area contributed by atoms with Crippen LogP contribution in [0.1, 0.15) is 22.8 Å². The summed E-state index contributed by atoms with van der Waals surface area (Å²) < 4.78 is 2.19. The average Bonchev–Trinajstić information content (AvgIpc) is 2.81. The van der Waals surface area contributed by atoms with Gasteiger partial charge in [0.2, 0.25) is 5.91 Å². The first-order valence-electron chi connectivity index (χ1n) is 10.1. The zero-order valence-corrected chi connectivity index (χ0v) is 18.4. The summed E-state index contributed by atoms with van der Waals surface area (Å²) in [7, 11) is 0. The van der Waals surface area contributed by atoms with E-state index in [0.717, 1.165) is 10.1 Å². The molecule has 1 N–H and O–H groups in total. The number of carbonyl (C=O) groups is 2. The summed E-state index contributed by atoms with van der Waals surface area (Å²) in [5.74, 6) is -0.552. The number of amides is 1. The SMILES string of the molecule is CC(=O)c1ccc(-n2c(=O)c3ccc(Cl)cc3n(CC(=O)NCc3cccnc3)c2=O)cc1. The third-order valence-corrected chi connectivity index (χ3v) is 5.39. The first-order valence-corrected chi connectivity index (χ1v) is 10.4. The smallest absolute Gasteiger partial charge is 0.336 e. The van der Waals surface area contributed by atoms with E-state index < -0.39 is 17.2 Å². The average molecular weight is 463 g/mol. The summed E-state index contributed by atoms with van der Waals surface area (Å²) in [5, 5.41) is 3.31. The zero-order valence-electron chi connectivity index (χ0n) is 17.6. The van der Waals surface area contributed by atoms with Crippen LogP contribution in [-0.4, -0.2) is 25.8 Å². The number of ketones is 1. The fourth-order valence-corrected chi connectivity index (χ4v) is 3.63. The van der Waals surface area contributed by atoms with Crippen molar-refractivity contribution in [2.75, 3.05) is 0 Å². The number of benzene rings is 2. The van der Waals surface area contributed by atoms with Gasteiger partial charge in [-0.25, -0.2) is 9.36 Å². The molecule has 0 atom stereocenters. The lowest BCUT2D eigenvalue weighted by atomic mass is 10.1. The Labute approximate surface area is 193 Å². The van der Waals surface area contributed by atoms with Crippen LogP contribution in [0.5, 0.6) is 0 Å². The molecular weight excluding hydrogens is 444 g/mol. The zero-order chi connectivity index (χ0) is 23.5. The van der Waals surface area contributed by atoms with Crippen molar-refractivity contribution >= 4 is 34.2 Å². The Bertz CT molecular complexity index is 1480. The second-order valence-electron chi connectivity index (χ2n) is 7.41. The van der Waals surface area contributed by atoms with E-state index in [-0.39, 0.29) is 35.5 Å². The Balaban J connectivity index is 1.78. The number of fused-ring (bicyclic) bond motifs is 1. The van der Waals surface area contributed by atoms with Gasteiger partial charge in [0.05, 0.1) is 16.6 Å². The molecule has 2 aromatic heterocycles. The van der Waals surface area contributed by atoms with Gasteiger partial charge in [0.1, 0.15) is 6.54 Å². The second-order valence-corrected chi connectivity index (χ2v) is 7.85. The standard InChI is InChI=1S/C24H19ClN4O4/c1-15(30)17-4-7-19(8-5-17)29-23(32)20-9-6-18(25)11-21(20)28(24(29)33)14-22(31)27-13-16-3-2-10-26-12-16/h2-12H,13-14H2,1H3,(H,27,31). The molecule has 33 heavy (non-hydrogen) atoms. The Hall–Kier alpha value is -4.04. The summed E-state index contributed by atoms with van der Waals surface area (Å²) in [4.78, 5) is 54.8. The normalized spacial score (nSPS) is 10.8. The lowest BCUT2D eigenvalue weighted by Crippen LogP contribution is -2.41. The fourth-order valence-electron chi connectivity index (χ4n) is 3.47. The topological polar surface area (TPSA) is 103 Å². The molecule has 166 valence electrons. The minimum absolute atomic E-state index is 0.134. The first kappa shape index (κ1) is 22.2. The molecular formula is C24H19ClN4O4. The van der Waals surface area contributed by atoms with E-state index in [2.05, 4.69) is 10.3 Å². The maximum Gasteiger partial charge on any atom is 0.336 e. The van der Waals surface area contributed by atoms with Gasteiger partial charge in [-0.05, 0) is 61.0 Å². The van der Waals surface area contributed by atoms with Gasteiger partial charge in [-0.1, -0.05) is 17.7 Å². The summed E-state index contributed by atoms with van der Waals surface area (Å²) in [6, 6.07) is 14.3. The van der Waals surface area contributed by atoms with Gasteiger partial charge in [-0.15, -0.1) is 0 Å². The van der Waals surface area contributed by atoms with E-state index in [1.54, 1.807) is 36.7 Å². The molecule has 0 saturated heterocycles. The molecule has 0 unspecified atom stereocenters. The summed E-state index contributed by atoms with van der Waals surface area (Å²) in [6.45, 7) is 1.35. The van der Waals surface area contributed by atoms with Crippen molar-refractivity contribution in [2.45, 2.75) is 20.0 Å². The molecule has 0 bridgehead atoms. The number of pyridine rings is 1. The van der Waals surface area contributed by atoms with E-state index in [4.69, 9.17) is 11.6 Å². The van der Waals surface area contributed by atoms with Crippen molar-refractivity contribution < 1.29 is 9.59 Å². The molecule has 4 aromatic rings. The van der Waals surface area contributed by atoms with E-state index in [1.807, 2.05) is 6.07 Å². The van der Waals surface area contributed by atoms with Crippen molar-refractivity contribution in [1.82, 2.24) is 19.4 Å². The van der Waals surface area contributed by atoms with Crippen LogP contribution >= 0.6 is 11.6 Å². The number of halogens is 1. The summed E-state index contributed by atoms with van der Waals surface area (Å²) >= 11 is 6.11. The Morgan fingerprint density at radius 3 is 2.48 bits per heavy atom.